The first-order valence-corrected chi connectivity index (χ1v) is 18.6. The fraction of sp³-hybridized carbons (Fsp3) is 0.524. The molecule has 272 valence electrons. The lowest BCUT2D eigenvalue weighted by molar-refractivity contribution is -0.163. The molecule has 2 bridgehead atoms. The van der Waals surface area contributed by atoms with Gasteiger partial charge in [0.05, 0.1) is 13.2 Å². The molecule has 2 amide bonds. The maximum Gasteiger partial charge on any atom is 0.251 e. The molecular formula is C42H55N5O4. The van der Waals surface area contributed by atoms with Crippen LogP contribution in [-0.4, -0.2) is 93.9 Å². The van der Waals surface area contributed by atoms with E-state index in [0.29, 0.717) is 48.5 Å². The van der Waals surface area contributed by atoms with Crippen LogP contribution in [0.3, 0.4) is 0 Å². The molecule has 3 aromatic carbocycles. The fourth-order valence-corrected chi connectivity index (χ4v) is 9.17. The molecule has 2 N–H and O–H groups in total. The first-order valence-electron chi connectivity index (χ1n) is 18.6. The van der Waals surface area contributed by atoms with Gasteiger partial charge in [-0.05, 0) is 85.9 Å². The first kappa shape index (κ1) is 35.5. The van der Waals surface area contributed by atoms with E-state index in [1.54, 1.807) is 0 Å². The van der Waals surface area contributed by atoms with Gasteiger partial charge in [0, 0.05) is 61.6 Å². The Bertz CT molecular complexity index is 1740. The molecular weight excluding hydrogens is 638 g/mol. The lowest BCUT2D eigenvalue weighted by Crippen LogP contribution is -2.65. The van der Waals surface area contributed by atoms with Crippen LogP contribution in [0, 0.1) is 23.2 Å². The van der Waals surface area contributed by atoms with Gasteiger partial charge in [-0.15, -0.1) is 0 Å². The van der Waals surface area contributed by atoms with Crippen LogP contribution >= 0.6 is 0 Å². The van der Waals surface area contributed by atoms with Crippen LogP contribution < -0.4 is 20.3 Å². The average Bonchev–Trinajstić information content (AvgIpc) is 3.10. The molecule has 1 unspecified atom stereocenters. The highest BCUT2D eigenvalue weighted by molar-refractivity contribution is 5.97. The molecule has 51 heavy (non-hydrogen) atoms. The van der Waals surface area contributed by atoms with Crippen molar-refractivity contribution in [2.45, 2.75) is 70.9 Å². The quantitative estimate of drug-likeness (QED) is 0.293. The summed E-state index contributed by atoms with van der Waals surface area (Å²) >= 11 is 0. The van der Waals surface area contributed by atoms with E-state index in [0.717, 1.165) is 47.5 Å². The third-order valence-corrected chi connectivity index (χ3v) is 12.2. The lowest BCUT2D eigenvalue weighted by Gasteiger charge is -2.62. The van der Waals surface area contributed by atoms with Crippen molar-refractivity contribution in [1.82, 2.24) is 20.4 Å². The molecule has 7 atom stereocenters. The Kier molecular flexibility index (Phi) is 9.91. The van der Waals surface area contributed by atoms with Crippen LogP contribution in [0.25, 0.3) is 11.1 Å². The van der Waals surface area contributed by atoms with Crippen LogP contribution in [0.5, 0.6) is 5.75 Å². The molecule has 3 aliphatic carbocycles. The van der Waals surface area contributed by atoms with Crippen LogP contribution in [0.1, 0.15) is 55.1 Å². The highest BCUT2D eigenvalue weighted by Crippen LogP contribution is 2.61. The minimum atomic E-state index is -0.419. The van der Waals surface area contributed by atoms with Crippen molar-refractivity contribution in [1.29, 1.82) is 0 Å². The molecule has 3 aromatic rings. The van der Waals surface area contributed by atoms with Crippen molar-refractivity contribution in [2.24, 2.45) is 23.2 Å². The number of para-hydroxylation sites is 1. The SMILES string of the molecule is C[C@@H]1[C@@H](NC(=O)[C@@H]2COCC3Oc4c(cccc4-c4cc(C(=O)N[C@@H](Cc5ccccc5)CN(C)C)cc(N(C)C)c4)CN32)C[C@H]2C[C@@H]1C2(C)C. The highest BCUT2D eigenvalue weighted by atomic mass is 16.6. The maximum absolute atomic E-state index is 13.9. The van der Waals surface area contributed by atoms with Crippen LogP contribution in [0.4, 0.5) is 5.69 Å². The zero-order valence-corrected chi connectivity index (χ0v) is 31.3. The summed E-state index contributed by atoms with van der Waals surface area (Å²) in [4.78, 5) is 34.1. The van der Waals surface area contributed by atoms with Gasteiger partial charge in [-0.25, -0.2) is 4.90 Å². The molecule has 5 aliphatic rings. The predicted octanol–water partition coefficient (Wildman–Crippen LogP) is 5.43. The normalized spacial score (nSPS) is 26.9. The van der Waals surface area contributed by atoms with E-state index >= 15 is 0 Å². The number of nitrogens with zero attached hydrogens (tertiary/aromatic N) is 3. The summed E-state index contributed by atoms with van der Waals surface area (Å²) in [5, 5.41) is 6.76. The topological polar surface area (TPSA) is 86.4 Å². The van der Waals surface area contributed by atoms with E-state index in [1.165, 1.54) is 12.0 Å². The Labute approximate surface area is 303 Å². The smallest absolute Gasteiger partial charge is 0.251 e. The van der Waals surface area contributed by atoms with Crippen molar-refractivity contribution in [3.63, 3.8) is 0 Å². The number of morpholine rings is 1. The van der Waals surface area contributed by atoms with Crippen molar-refractivity contribution >= 4 is 17.5 Å². The Morgan fingerprint density at radius 2 is 1.76 bits per heavy atom. The van der Waals surface area contributed by atoms with Crippen LogP contribution in [-0.2, 0) is 22.5 Å². The molecule has 8 rings (SSSR count). The number of hydrogen-bond donors (Lipinski definition) is 2. The van der Waals surface area contributed by atoms with E-state index in [4.69, 9.17) is 9.47 Å². The monoisotopic (exact) mass is 693 g/mol. The Morgan fingerprint density at radius 1 is 0.980 bits per heavy atom. The molecule has 0 aromatic heterocycles. The maximum atomic E-state index is 13.9. The molecule has 2 aliphatic heterocycles. The van der Waals surface area contributed by atoms with Gasteiger partial charge in [0.15, 0.2) is 6.23 Å². The molecule has 2 heterocycles. The molecule has 4 fully saturated rings. The van der Waals surface area contributed by atoms with E-state index in [1.807, 2.05) is 69.5 Å². The van der Waals surface area contributed by atoms with Gasteiger partial charge >= 0.3 is 0 Å². The Hall–Kier alpha value is -3.92. The molecule has 1 saturated heterocycles. The lowest BCUT2D eigenvalue weighted by atomic mass is 9.45. The largest absolute Gasteiger partial charge is 0.472 e. The van der Waals surface area contributed by atoms with Crippen molar-refractivity contribution in [2.75, 3.05) is 52.8 Å². The molecule has 3 saturated carbocycles. The number of likely N-dealkylation sites (N-methyl/N-ethyl adjacent to an activating group) is 1. The number of amides is 2. The predicted molar refractivity (Wildman–Crippen MR) is 202 cm³/mol. The van der Waals surface area contributed by atoms with Gasteiger partial charge in [0.1, 0.15) is 11.8 Å². The van der Waals surface area contributed by atoms with Gasteiger partial charge in [-0.1, -0.05) is 69.3 Å². The van der Waals surface area contributed by atoms with E-state index in [9.17, 15) is 9.59 Å². The van der Waals surface area contributed by atoms with Gasteiger partial charge in [0.2, 0.25) is 5.91 Å². The summed E-state index contributed by atoms with van der Waals surface area (Å²) in [5.41, 5.74) is 5.92. The first-order chi connectivity index (χ1) is 24.4. The molecule has 0 radical (unpaired) electrons. The fourth-order valence-electron chi connectivity index (χ4n) is 9.17. The summed E-state index contributed by atoms with van der Waals surface area (Å²) in [7, 11) is 8.03. The number of carbonyl (C=O) groups is 2. The van der Waals surface area contributed by atoms with E-state index in [-0.39, 0.29) is 30.1 Å². The van der Waals surface area contributed by atoms with Gasteiger partial charge < -0.3 is 29.9 Å². The summed E-state index contributed by atoms with van der Waals surface area (Å²) in [5.74, 6) is 2.50. The Morgan fingerprint density at radius 3 is 2.47 bits per heavy atom. The van der Waals surface area contributed by atoms with Crippen molar-refractivity contribution < 1.29 is 19.1 Å². The van der Waals surface area contributed by atoms with E-state index < -0.39 is 6.04 Å². The number of anilines is 1. The number of hydrogen-bond acceptors (Lipinski definition) is 7. The zero-order chi connectivity index (χ0) is 36.0. The second-order valence-electron chi connectivity index (χ2n) is 16.4. The minimum absolute atomic E-state index is 0.0352. The third kappa shape index (κ3) is 7.13. The number of rotatable bonds is 10. The number of carbonyl (C=O) groups excluding carboxylic acids is 2. The van der Waals surface area contributed by atoms with Gasteiger partial charge in [-0.2, -0.15) is 0 Å². The summed E-state index contributed by atoms with van der Waals surface area (Å²) in [6, 6.07) is 22.2. The van der Waals surface area contributed by atoms with Crippen molar-refractivity contribution in [3.8, 4) is 16.9 Å². The van der Waals surface area contributed by atoms with Crippen LogP contribution in [0.2, 0.25) is 0 Å². The van der Waals surface area contributed by atoms with Crippen LogP contribution in [0.15, 0.2) is 66.7 Å². The number of nitrogens with one attached hydrogen (secondary N) is 2. The van der Waals surface area contributed by atoms with Gasteiger partial charge in [-0.3, -0.25) is 9.59 Å². The average molecular weight is 694 g/mol. The second-order valence-corrected chi connectivity index (χ2v) is 16.4. The summed E-state index contributed by atoms with van der Waals surface area (Å²) in [6.45, 7) is 9.12. The Balaban J connectivity index is 1.11. The second kappa shape index (κ2) is 14.2. The third-order valence-electron chi connectivity index (χ3n) is 12.2. The molecule has 9 heteroatoms. The summed E-state index contributed by atoms with van der Waals surface area (Å²) in [6.07, 6.45) is 2.68. The number of ether oxygens (including phenoxy) is 2. The standard InChI is InChI=1S/C42H55N5O4/c1-26-35-20-31(42(35,2)3)21-36(26)44-41(49)37-24-50-25-38-47(37)22-28-14-11-15-34(39(28)51-38)29-17-30(19-33(18-29)46(6)7)40(48)43-32(23-45(4)5)16-27-12-9-8-10-13-27/h8-15,17-19,26,31-32,35-38H,16,20-25H2,1-7H3,(H,43,48)(H,44,49)/t26-,31+,32-,35-,36-,37-,38?/m0/s1. The number of fused-ring (bicyclic) bond motifs is 4. The summed E-state index contributed by atoms with van der Waals surface area (Å²) < 4.78 is 12.8. The number of benzene rings is 3. The van der Waals surface area contributed by atoms with E-state index in [2.05, 4.69) is 71.5 Å². The van der Waals surface area contributed by atoms with Gasteiger partial charge in [0.25, 0.3) is 5.91 Å². The van der Waals surface area contributed by atoms with Crippen molar-refractivity contribution in [3.05, 3.63) is 83.4 Å². The minimum Gasteiger partial charge on any atom is -0.472 e. The zero-order valence-electron chi connectivity index (χ0n) is 31.3. The molecule has 9 nitrogen and oxygen atoms in total. The molecule has 0 spiro atoms. The highest BCUT2D eigenvalue weighted by Gasteiger charge is 2.56.